The molecule has 1 atom stereocenters. The minimum absolute atomic E-state index is 0.207. The number of aryl methyl sites for hydroxylation is 1. The van der Waals surface area contributed by atoms with Crippen LogP contribution in [-0.2, 0) is 5.41 Å². The zero-order valence-electron chi connectivity index (χ0n) is 12.2. The molecule has 0 aliphatic heterocycles. The third-order valence-corrected chi connectivity index (χ3v) is 3.60. The Morgan fingerprint density at radius 2 is 1.76 bits per heavy atom. The molecule has 1 heteroatoms. The largest absolute Gasteiger partial charge is 0.330 e. The Hall–Kier alpha value is -0.820. The maximum absolute atomic E-state index is 5.93. The van der Waals surface area contributed by atoms with Crippen LogP contribution in [0.25, 0.3) is 0 Å². The van der Waals surface area contributed by atoms with E-state index < -0.39 is 0 Å². The first-order valence-electron chi connectivity index (χ1n) is 6.58. The molecule has 0 radical (unpaired) electrons. The highest BCUT2D eigenvalue weighted by Gasteiger charge is 2.20. The van der Waals surface area contributed by atoms with E-state index in [0.29, 0.717) is 11.8 Å². The van der Waals surface area contributed by atoms with Crippen LogP contribution in [0.15, 0.2) is 18.2 Å². The van der Waals surface area contributed by atoms with E-state index in [1.165, 1.54) is 16.7 Å². The van der Waals surface area contributed by atoms with Gasteiger partial charge in [-0.25, -0.2) is 0 Å². The van der Waals surface area contributed by atoms with Crippen LogP contribution < -0.4 is 5.73 Å². The topological polar surface area (TPSA) is 26.0 Å². The second kappa shape index (κ2) is 5.22. The van der Waals surface area contributed by atoms with Crippen LogP contribution in [0.4, 0.5) is 0 Å². The van der Waals surface area contributed by atoms with Gasteiger partial charge in [-0.05, 0) is 47.4 Å². The molecule has 1 aromatic rings. The standard InChI is InChI=1S/C16H27N/c1-11(2)15(10-17)14-9-13(16(4,5)6)8-7-12(14)3/h7-9,11,15H,10,17H2,1-6H3. The second-order valence-electron chi connectivity index (χ2n) is 6.41. The van der Waals surface area contributed by atoms with Crippen LogP contribution in [0, 0.1) is 12.8 Å². The monoisotopic (exact) mass is 233 g/mol. The van der Waals surface area contributed by atoms with Gasteiger partial charge in [0.1, 0.15) is 0 Å². The van der Waals surface area contributed by atoms with Crippen molar-refractivity contribution in [2.45, 2.75) is 52.9 Å². The maximum Gasteiger partial charge on any atom is -0.000567 e. The molecule has 0 heterocycles. The van der Waals surface area contributed by atoms with Crippen LogP contribution in [0.3, 0.4) is 0 Å². The van der Waals surface area contributed by atoms with Gasteiger partial charge in [-0.2, -0.15) is 0 Å². The number of hydrogen-bond donors (Lipinski definition) is 1. The zero-order valence-corrected chi connectivity index (χ0v) is 12.2. The van der Waals surface area contributed by atoms with Gasteiger partial charge in [0.05, 0.1) is 0 Å². The molecule has 0 bridgehead atoms. The zero-order chi connectivity index (χ0) is 13.2. The first kappa shape index (κ1) is 14.2. The quantitative estimate of drug-likeness (QED) is 0.839. The van der Waals surface area contributed by atoms with Crippen molar-refractivity contribution in [1.82, 2.24) is 0 Å². The van der Waals surface area contributed by atoms with Crippen molar-refractivity contribution in [3.63, 3.8) is 0 Å². The Balaban J connectivity index is 3.23. The van der Waals surface area contributed by atoms with Gasteiger partial charge < -0.3 is 5.73 Å². The first-order chi connectivity index (χ1) is 7.77. The van der Waals surface area contributed by atoms with E-state index in [1.54, 1.807) is 0 Å². The third kappa shape index (κ3) is 3.32. The van der Waals surface area contributed by atoms with Gasteiger partial charge in [0.2, 0.25) is 0 Å². The molecule has 0 amide bonds. The van der Waals surface area contributed by atoms with E-state index in [4.69, 9.17) is 5.73 Å². The summed E-state index contributed by atoms with van der Waals surface area (Å²) in [4.78, 5) is 0. The molecule has 0 aliphatic carbocycles. The van der Waals surface area contributed by atoms with E-state index in [0.717, 1.165) is 6.54 Å². The van der Waals surface area contributed by atoms with E-state index in [-0.39, 0.29) is 5.41 Å². The predicted molar refractivity (Wildman–Crippen MR) is 76.5 cm³/mol. The minimum atomic E-state index is 0.207. The van der Waals surface area contributed by atoms with Crippen molar-refractivity contribution in [3.8, 4) is 0 Å². The molecule has 0 fully saturated rings. The summed E-state index contributed by atoms with van der Waals surface area (Å²) < 4.78 is 0. The fraction of sp³-hybridized carbons (Fsp3) is 0.625. The Morgan fingerprint density at radius 1 is 1.18 bits per heavy atom. The second-order valence-corrected chi connectivity index (χ2v) is 6.41. The lowest BCUT2D eigenvalue weighted by Gasteiger charge is -2.26. The highest BCUT2D eigenvalue weighted by molar-refractivity contribution is 5.37. The van der Waals surface area contributed by atoms with Gasteiger partial charge in [0.25, 0.3) is 0 Å². The molecule has 17 heavy (non-hydrogen) atoms. The lowest BCUT2D eigenvalue weighted by Crippen LogP contribution is -2.20. The van der Waals surface area contributed by atoms with Crippen LogP contribution in [-0.4, -0.2) is 6.54 Å². The van der Waals surface area contributed by atoms with Gasteiger partial charge in [-0.3, -0.25) is 0 Å². The molecular formula is C16H27N. The summed E-state index contributed by atoms with van der Waals surface area (Å²) >= 11 is 0. The Labute approximate surface area is 106 Å². The highest BCUT2D eigenvalue weighted by atomic mass is 14.6. The van der Waals surface area contributed by atoms with Gasteiger partial charge >= 0.3 is 0 Å². The van der Waals surface area contributed by atoms with Crippen LogP contribution in [0.5, 0.6) is 0 Å². The van der Waals surface area contributed by atoms with Crippen molar-refractivity contribution < 1.29 is 0 Å². The van der Waals surface area contributed by atoms with E-state index >= 15 is 0 Å². The summed E-state index contributed by atoms with van der Waals surface area (Å²) in [5, 5.41) is 0. The van der Waals surface area contributed by atoms with E-state index in [9.17, 15) is 0 Å². The van der Waals surface area contributed by atoms with Crippen molar-refractivity contribution >= 4 is 0 Å². The predicted octanol–water partition coefficient (Wildman–Crippen LogP) is 3.99. The van der Waals surface area contributed by atoms with Crippen LogP contribution >= 0.6 is 0 Å². The Bertz CT molecular complexity index is 372. The van der Waals surface area contributed by atoms with Crippen LogP contribution in [0.2, 0.25) is 0 Å². The van der Waals surface area contributed by atoms with Crippen molar-refractivity contribution in [3.05, 3.63) is 34.9 Å². The normalized spacial score (nSPS) is 14.1. The lowest BCUT2D eigenvalue weighted by atomic mass is 9.80. The molecule has 1 nitrogen and oxygen atoms in total. The molecule has 0 saturated carbocycles. The molecule has 0 saturated heterocycles. The average Bonchev–Trinajstić information content (AvgIpc) is 2.19. The molecule has 1 aromatic carbocycles. The van der Waals surface area contributed by atoms with Gasteiger partial charge in [-0.1, -0.05) is 52.8 Å². The lowest BCUT2D eigenvalue weighted by molar-refractivity contribution is 0.501. The molecule has 2 N–H and O–H groups in total. The van der Waals surface area contributed by atoms with E-state index in [1.807, 2.05) is 0 Å². The third-order valence-electron chi connectivity index (χ3n) is 3.60. The van der Waals surface area contributed by atoms with Gasteiger partial charge in [0.15, 0.2) is 0 Å². The summed E-state index contributed by atoms with van der Waals surface area (Å²) in [6, 6.07) is 6.83. The molecule has 0 aromatic heterocycles. The summed E-state index contributed by atoms with van der Waals surface area (Å²) in [5.41, 5.74) is 10.3. The SMILES string of the molecule is Cc1ccc(C(C)(C)C)cc1C(CN)C(C)C. The molecule has 0 aliphatic rings. The fourth-order valence-corrected chi connectivity index (χ4v) is 2.26. The van der Waals surface area contributed by atoms with Gasteiger partial charge in [0, 0.05) is 0 Å². The summed E-state index contributed by atoms with van der Waals surface area (Å²) in [5.74, 6) is 1.06. The van der Waals surface area contributed by atoms with Crippen molar-refractivity contribution in [1.29, 1.82) is 0 Å². The first-order valence-corrected chi connectivity index (χ1v) is 6.58. The Morgan fingerprint density at radius 3 is 2.18 bits per heavy atom. The number of nitrogens with two attached hydrogens (primary N) is 1. The smallest absolute Gasteiger partial charge is 0.000567 e. The average molecular weight is 233 g/mol. The van der Waals surface area contributed by atoms with Crippen molar-refractivity contribution in [2.24, 2.45) is 11.7 Å². The molecule has 1 rings (SSSR count). The van der Waals surface area contributed by atoms with Crippen LogP contribution in [0.1, 0.15) is 57.2 Å². The number of hydrogen-bond acceptors (Lipinski definition) is 1. The number of benzene rings is 1. The molecule has 1 unspecified atom stereocenters. The number of rotatable bonds is 3. The Kier molecular flexibility index (Phi) is 4.37. The van der Waals surface area contributed by atoms with Gasteiger partial charge in [-0.15, -0.1) is 0 Å². The minimum Gasteiger partial charge on any atom is -0.330 e. The summed E-state index contributed by atoms with van der Waals surface area (Å²) in [7, 11) is 0. The molecule has 96 valence electrons. The molecular weight excluding hydrogens is 206 g/mol. The summed E-state index contributed by atoms with van der Waals surface area (Å²) in [6.07, 6.45) is 0. The highest BCUT2D eigenvalue weighted by Crippen LogP contribution is 2.31. The maximum atomic E-state index is 5.93. The van der Waals surface area contributed by atoms with Crippen molar-refractivity contribution in [2.75, 3.05) is 6.54 Å². The fourth-order valence-electron chi connectivity index (χ4n) is 2.26. The molecule has 0 spiro atoms. The summed E-state index contributed by atoms with van der Waals surface area (Å²) in [6.45, 7) is 14.2. The van der Waals surface area contributed by atoms with E-state index in [2.05, 4.69) is 59.7 Å².